The van der Waals surface area contributed by atoms with Crippen LogP contribution in [0.15, 0.2) is 12.2 Å². The lowest BCUT2D eigenvalue weighted by molar-refractivity contribution is -0.155. The van der Waals surface area contributed by atoms with Crippen molar-refractivity contribution in [1.29, 1.82) is 0 Å². The van der Waals surface area contributed by atoms with Crippen LogP contribution in [0.2, 0.25) is 0 Å². The zero-order chi connectivity index (χ0) is 8.60. The van der Waals surface area contributed by atoms with E-state index in [4.69, 9.17) is 0 Å². The van der Waals surface area contributed by atoms with Crippen molar-refractivity contribution >= 4 is 11.9 Å². The molecule has 12 heavy (non-hydrogen) atoms. The highest BCUT2D eigenvalue weighted by atomic mass is 16.6. The van der Waals surface area contributed by atoms with Crippen molar-refractivity contribution in [3.63, 3.8) is 0 Å². The van der Waals surface area contributed by atoms with E-state index < -0.39 is 5.41 Å². The van der Waals surface area contributed by atoms with Crippen LogP contribution in [0, 0.1) is 5.41 Å². The third-order valence-corrected chi connectivity index (χ3v) is 2.59. The molecule has 1 heterocycles. The van der Waals surface area contributed by atoms with E-state index in [-0.39, 0.29) is 18.4 Å². The molecule has 0 aromatic heterocycles. The molecule has 1 fully saturated rings. The van der Waals surface area contributed by atoms with Gasteiger partial charge in [-0.3, -0.25) is 9.59 Å². The number of rotatable bonds is 0. The summed E-state index contributed by atoms with van der Waals surface area (Å²) in [7, 11) is 0. The number of cyclic esters (lactones) is 2. The zero-order valence-corrected chi connectivity index (χ0v) is 6.71. The molecule has 0 aromatic rings. The predicted molar refractivity (Wildman–Crippen MR) is 41.1 cm³/mol. The number of hydrogen-bond donors (Lipinski definition) is 0. The third-order valence-electron chi connectivity index (χ3n) is 2.59. The van der Waals surface area contributed by atoms with Gasteiger partial charge in [-0.05, 0) is 19.3 Å². The van der Waals surface area contributed by atoms with Crippen LogP contribution in [0.4, 0.5) is 0 Å². The summed E-state index contributed by atoms with van der Waals surface area (Å²) in [5.74, 6) is -0.688. The van der Waals surface area contributed by atoms with Crippen LogP contribution in [0.3, 0.4) is 0 Å². The molecule has 3 nitrogen and oxygen atoms in total. The van der Waals surface area contributed by atoms with E-state index in [1.807, 2.05) is 12.2 Å². The largest absolute Gasteiger partial charge is 0.393 e. The Labute approximate surface area is 70.4 Å². The first-order valence-electron chi connectivity index (χ1n) is 4.13. The van der Waals surface area contributed by atoms with Crippen LogP contribution < -0.4 is 0 Å². The summed E-state index contributed by atoms with van der Waals surface area (Å²) >= 11 is 0. The molecular weight excluding hydrogens is 156 g/mol. The Bertz CT molecular complexity index is 267. The summed E-state index contributed by atoms with van der Waals surface area (Å²) in [6.07, 6.45) is 6.58. The van der Waals surface area contributed by atoms with Crippen LogP contribution in [0.5, 0.6) is 0 Å². The second kappa shape index (κ2) is 2.44. The van der Waals surface area contributed by atoms with Gasteiger partial charge in [-0.1, -0.05) is 12.2 Å². The minimum atomic E-state index is -0.494. The highest BCUT2D eigenvalue weighted by Crippen LogP contribution is 2.41. The van der Waals surface area contributed by atoms with Crippen molar-refractivity contribution < 1.29 is 14.3 Å². The second-order valence-corrected chi connectivity index (χ2v) is 3.43. The molecule has 0 bridgehead atoms. The molecule has 1 aliphatic heterocycles. The van der Waals surface area contributed by atoms with E-state index >= 15 is 0 Å². The lowest BCUT2D eigenvalue weighted by Crippen LogP contribution is -2.27. The molecule has 2 rings (SSSR count). The Morgan fingerprint density at radius 1 is 1.33 bits per heavy atom. The lowest BCUT2D eigenvalue weighted by Gasteiger charge is -2.23. The predicted octanol–water partition coefficient (Wildman–Crippen LogP) is 1.19. The van der Waals surface area contributed by atoms with E-state index in [0.717, 1.165) is 12.8 Å². The van der Waals surface area contributed by atoms with Crippen LogP contribution in [0.1, 0.15) is 25.7 Å². The van der Waals surface area contributed by atoms with Gasteiger partial charge in [0.15, 0.2) is 0 Å². The van der Waals surface area contributed by atoms with Gasteiger partial charge in [0, 0.05) is 0 Å². The minimum Gasteiger partial charge on any atom is -0.393 e. The Morgan fingerprint density at radius 3 is 2.67 bits per heavy atom. The van der Waals surface area contributed by atoms with E-state index in [9.17, 15) is 9.59 Å². The van der Waals surface area contributed by atoms with Crippen molar-refractivity contribution in [3.8, 4) is 0 Å². The quantitative estimate of drug-likeness (QED) is 0.308. The van der Waals surface area contributed by atoms with Gasteiger partial charge in [-0.15, -0.1) is 0 Å². The van der Waals surface area contributed by atoms with Crippen LogP contribution in [-0.2, 0) is 14.3 Å². The van der Waals surface area contributed by atoms with Gasteiger partial charge in [0.25, 0.3) is 0 Å². The Hall–Kier alpha value is -1.12. The normalized spacial score (nSPS) is 34.3. The fourth-order valence-corrected chi connectivity index (χ4v) is 1.83. The van der Waals surface area contributed by atoms with Gasteiger partial charge in [-0.2, -0.15) is 0 Å². The molecule has 0 aromatic carbocycles. The van der Waals surface area contributed by atoms with E-state index in [1.165, 1.54) is 0 Å². The maximum atomic E-state index is 11.3. The Balaban J connectivity index is 2.25. The van der Waals surface area contributed by atoms with E-state index in [0.29, 0.717) is 6.42 Å². The number of ether oxygens (including phenoxy) is 1. The zero-order valence-electron chi connectivity index (χ0n) is 6.71. The molecule has 3 heteroatoms. The highest BCUT2D eigenvalue weighted by Gasteiger charge is 2.48. The SMILES string of the molecule is O=C1C[C@]2(CC=CCC2)C(=O)O1. The molecule has 1 saturated heterocycles. The Kier molecular flexibility index (Phi) is 1.53. The van der Waals surface area contributed by atoms with Crippen molar-refractivity contribution in [1.82, 2.24) is 0 Å². The first-order chi connectivity index (χ1) is 5.73. The monoisotopic (exact) mass is 166 g/mol. The van der Waals surface area contributed by atoms with Gasteiger partial charge < -0.3 is 4.74 Å². The molecule has 0 unspecified atom stereocenters. The number of carbonyl (C=O) groups is 2. The standard InChI is InChI=1S/C9H10O3/c10-7-6-9(8(11)12-7)4-2-1-3-5-9/h1-2H,3-6H2/t9-/m1/s1. The molecule has 1 spiro atoms. The van der Waals surface area contributed by atoms with Gasteiger partial charge in [-0.25, -0.2) is 0 Å². The average molecular weight is 166 g/mol. The first-order valence-corrected chi connectivity index (χ1v) is 4.13. The summed E-state index contributed by atoms with van der Waals surface area (Å²) in [6.45, 7) is 0. The van der Waals surface area contributed by atoms with Crippen molar-refractivity contribution in [2.75, 3.05) is 0 Å². The third kappa shape index (κ3) is 0.967. The fraction of sp³-hybridized carbons (Fsp3) is 0.556. The number of carbonyl (C=O) groups excluding carboxylic acids is 2. The summed E-state index contributed by atoms with van der Waals surface area (Å²) in [5, 5.41) is 0. The average Bonchev–Trinajstić information content (AvgIpc) is 2.29. The number of esters is 2. The molecule has 0 radical (unpaired) electrons. The maximum Gasteiger partial charge on any atom is 0.320 e. The molecule has 0 N–H and O–H groups in total. The summed E-state index contributed by atoms with van der Waals surface area (Å²) in [4.78, 5) is 22.1. The fourth-order valence-electron chi connectivity index (χ4n) is 1.83. The minimum absolute atomic E-state index is 0.274. The first kappa shape index (κ1) is 7.53. The summed E-state index contributed by atoms with van der Waals surface area (Å²) in [6, 6.07) is 0. The number of allylic oxidation sites excluding steroid dienone is 2. The molecule has 64 valence electrons. The van der Waals surface area contributed by atoms with Crippen LogP contribution >= 0.6 is 0 Å². The second-order valence-electron chi connectivity index (χ2n) is 3.43. The van der Waals surface area contributed by atoms with Gasteiger partial charge in [0.2, 0.25) is 0 Å². The van der Waals surface area contributed by atoms with Gasteiger partial charge in [0.1, 0.15) is 0 Å². The highest BCUT2D eigenvalue weighted by molar-refractivity contribution is 5.97. The molecule has 2 aliphatic rings. The van der Waals surface area contributed by atoms with Gasteiger partial charge in [0.05, 0.1) is 11.8 Å². The molecular formula is C9H10O3. The molecule has 0 amide bonds. The maximum absolute atomic E-state index is 11.3. The molecule has 0 saturated carbocycles. The van der Waals surface area contributed by atoms with E-state index in [1.54, 1.807) is 0 Å². The molecule has 1 atom stereocenters. The van der Waals surface area contributed by atoms with Crippen LogP contribution in [0.25, 0.3) is 0 Å². The number of hydrogen-bond acceptors (Lipinski definition) is 3. The molecule has 1 aliphatic carbocycles. The summed E-state index contributed by atoms with van der Waals surface area (Å²) < 4.78 is 4.54. The van der Waals surface area contributed by atoms with Crippen molar-refractivity contribution in [2.24, 2.45) is 5.41 Å². The van der Waals surface area contributed by atoms with E-state index in [2.05, 4.69) is 4.74 Å². The van der Waals surface area contributed by atoms with Crippen molar-refractivity contribution in [2.45, 2.75) is 25.7 Å². The Morgan fingerprint density at radius 2 is 2.17 bits per heavy atom. The van der Waals surface area contributed by atoms with Gasteiger partial charge >= 0.3 is 11.9 Å². The van der Waals surface area contributed by atoms with Crippen molar-refractivity contribution in [3.05, 3.63) is 12.2 Å². The smallest absolute Gasteiger partial charge is 0.320 e. The summed E-state index contributed by atoms with van der Waals surface area (Å²) in [5.41, 5.74) is -0.494. The lowest BCUT2D eigenvalue weighted by atomic mass is 9.76. The topological polar surface area (TPSA) is 43.4 Å². The van der Waals surface area contributed by atoms with Crippen LogP contribution in [-0.4, -0.2) is 11.9 Å².